The van der Waals surface area contributed by atoms with Crippen LogP contribution in [0.4, 0.5) is 0 Å². The maximum absolute atomic E-state index is 11.4. The van der Waals surface area contributed by atoms with Gasteiger partial charge in [-0.3, -0.25) is 4.79 Å². The number of rotatable bonds is 2. The molecule has 0 aliphatic carbocycles. The van der Waals surface area contributed by atoms with Crippen molar-refractivity contribution in [3.63, 3.8) is 0 Å². The van der Waals surface area contributed by atoms with Crippen molar-refractivity contribution in [2.45, 2.75) is 32.4 Å². The van der Waals surface area contributed by atoms with Gasteiger partial charge in [-0.25, -0.2) is 4.79 Å². The van der Waals surface area contributed by atoms with Crippen LogP contribution in [-0.2, 0) is 19.1 Å². The van der Waals surface area contributed by atoms with Gasteiger partial charge in [-0.05, 0) is 20.8 Å². The molecule has 1 aliphatic heterocycles. The third-order valence-corrected chi connectivity index (χ3v) is 2.00. The Hall–Kier alpha value is -1.10. The van der Waals surface area contributed by atoms with Gasteiger partial charge in [0.2, 0.25) is 5.91 Å². The van der Waals surface area contributed by atoms with E-state index in [1.165, 1.54) is 0 Å². The second kappa shape index (κ2) is 3.96. The molecular formula is C9H15NO4. The molecule has 0 bridgehead atoms. The highest BCUT2D eigenvalue weighted by molar-refractivity contribution is 5.84. The Kier molecular flexibility index (Phi) is 3.10. The van der Waals surface area contributed by atoms with E-state index < -0.39 is 17.6 Å². The van der Waals surface area contributed by atoms with Gasteiger partial charge in [0.25, 0.3) is 0 Å². The molecule has 0 aromatic rings. The molecule has 1 heterocycles. The van der Waals surface area contributed by atoms with Gasteiger partial charge in [-0.15, -0.1) is 0 Å². The van der Waals surface area contributed by atoms with Crippen molar-refractivity contribution in [2.24, 2.45) is 0 Å². The van der Waals surface area contributed by atoms with Crippen molar-refractivity contribution in [1.82, 2.24) is 5.32 Å². The quantitative estimate of drug-likeness (QED) is 0.631. The fourth-order valence-corrected chi connectivity index (χ4v) is 1.41. The summed E-state index contributed by atoms with van der Waals surface area (Å²) in [5.41, 5.74) is -0.707. The van der Waals surface area contributed by atoms with Gasteiger partial charge >= 0.3 is 5.97 Å². The van der Waals surface area contributed by atoms with Gasteiger partial charge in [-0.2, -0.15) is 0 Å². The minimum absolute atomic E-state index is 0.0904. The van der Waals surface area contributed by atoms with Gasteiger partial charge in [0, 0.05) is 0 Å². The maximum atomic E-state index is 11.4. The number of carbonyl (C=O) groups excluding carboxylic acids is 2. The van der Waals surface area contributed by atoms with Crippen LogP contribution in [-0.4, -0.2) is 36.7 Å². The Morgan fingerprint density at radius 3 is 2.86 bits per heavy atom. The molecule has 0 aromatic heterocycles. The molecule has 1 saturated heterocycles. The predicted molar refractivity (Wildman–Crippen MR) is 48.6 cm³/mol. The molecule has 1 fully saturated rings. The molecule has 1 N–H and O–H groups in total. The van der Waals surface area contributed by atoms with E-state index in [9.17, 15) is 9.59 Å². The Balaban J connectivity index is 2.68. The van der Waals surface area contributed by atoms with Crippen LogP contribution in [0, 0.1) is 0 Å². The molecule has 14 heavy (non-hydrogen) atoms. The van der Waals surface area contributed by atoms with E-state index in [0.717, 1.165) is 0 Å². The normalized spacial score (nSPS) is 25.4. The van der Waals surface area contributed by atoms with Crippen molar-refractivity contribution >= 4 is 11.9 Å². The molecule has 5 nitrogen and oxygen atoms in total. The summed E-state index contributed by atoms with van der Waals surface area (Å²) in [5, 5.41) is 2.68. The number of ether oxygens (including phenoxy) is 2. The summed E-state index contributed by atoms with van der Waals surface area (Å²) in [6, 6.07) is 0. The first-order valence-corrected chi connectivity index (χ1v) is 4.56. The molecule has 1 aliphatic rings. The lowest BCUT2D eigenvalue weighted by Gasteiger charge is -2.37. The highest BCUT2D eigenvalue weighted by atomic mass is 16.6. The van der Waals surface area contributed by atoms with Crippen LogP contribution in [0.2, 0.25) is 0 Å². The highest BCUT2D eigenvalue weighted by Gasteiger charge is 2.42. The molecule has 1 rings (SSSR count). The molecule has 0 aromatic carbocycles. The largest absolute Gasteiger partial charge is 0.464 e. The number of amides is 1. The number of esters is 1. The Bertz CT molecular complexity index is 249. The number of nitrogens with one attached hydrogen (secondary N) is 1. The second-order valence-electron chi connectivity index (χ2n) is 3.71. The summed E-state index contributed by atoms with van der Waals surface area (Å²) in [5.74, 6) is -0.645. The molecule has 5 heteroatoms. The number of morpholine rings is 1. The van der Waals surface area contributed by atoms with E-state index >= 15 is 0 Å². The molecule has 0 saturated carbocycles. The van der Waals surface area contributed by atoms with Gasteiger partial charge in [0.05, 0.1) is 12.1 Å². The Morgan fingerprint density at radius 2 is 2.36 bits per heavy atom. The zero-order chi connectivity index (χ0) is 10.8. The number of hydrogen-bond acceptors (Lipinski definition) is 4. The summed E-state index contributed by atoms with van der Waals surface area (Å²) in [6.07, 6.45) is -0.722. The van der Waals surface area contributed by atoms with Gasteiger partial charge in [0.1, 0.15) is 6.61 Å². The van der Waals surface area contributed by atoms with E-state index in [1.54, 1.807) is 20.8 Å². The summed E-state index contributed by atoms with van der Waals surface area (Å²) in [7, 11) is 0. The third kappa shape index (κ3) is 2.23. The SMILES string of the molecule is CCOC(=O)[C@H]1OCC(=O)NC1(C)C. The van der Waals surface area contributed by atoms with Crippen LogP contribution in [0.25, 0.3) is 0 Å². The monoisotopic (exact) mass is 201 g/mol. The lowest BCUT2D eigenvalue weighted by molar-refractivity contribution is -0.169. The minimum atomic E-state index is -0.722. The lowest BCUT2D eigenvalue weighted by atomic mass is 9.95. The molecule has 0 radical (unpaired) electrons. The molecule has 80 valence electrons. The standard InChI is InChI=1S/C9H15NO4/c1-4-13-8(12)7-9(2,3)10-6(11)5-14-7/h7H,4-5H2,1-3H3,(H,10,11)/t7-/m1/s1. The van der Waals surface area contributed by atoms with E-state index in [1.807, 2.05) is 0 Å². The minimum Gasteiger partial charge on any atom is -0.464 e. The van der Waals surface area contributed by atoms with Crippen molar-refractivity contribution < 1.29 is 19.1 Å². The topological polar surface area (TPSA) is 64.6 Å². The van der Waals surface area contributed by atoms with Crippen LogP contribution in [0.5, 0.6) is 0 Å². The maximum Gasteiger partial charge on any atom is 0.337 e. The molecule has 1 amide bonds. The predicted octanol–water partition coefficient (Wildman–Crippen LogP) is -0.157. The van der Waals surface area contributed by atoms with Crippen LogP contribution < -0.4 is 5.32 Å². The van der Waals surface area contributed by atoms with Crippen LogP contribution in [0.1, 0.15) is 20.8 Å². The van der Waals surface area contributed by atoms with Crippen molar-refractivity contribution in [2.75, 3.05) is 13.2 Å². The lowest BCUT2D eigenvalue weighted by Crippen LogP contribution is -2.61. The first-order chi connectivity index (χ1) is 6.47. The van der Waals surface area contributed by atoms with E-state index in [0.29, 0.717) is 6.61 Å². The molecular weight excluding hydrogens is 186 g/mol. The van der Waals surface area contributed by atoms with Crippen LogP contribution in [0.3, 0.4) is 0 Å². The highest BCUT2D eigenvalue weighted by Crippen LogP contribution is 2.18. The zero-order valence-electron chi connectivity index (χ0n) is 8.62. The fourth-order valence-electron chi connectivity index (χ4n) is 1.41. The summed E-state index contributed by atoms with van der Waals surface area (Å²) >= 11 is 0. The molecule has 0 unspecified atom stereocenters. The van der Waals surface area contributed by atoms with E-state index in [-0.39, 0.29) is 12.5 Å². The zero-order valence-corrected chi connectivity index (χ0v) is 8.62. The van der Waals surface area contributed by atoms with Gasteiger partial charge < -0.3 is 14.8 Å². The van der Waals surface area contributed by atoms with Crippen molar-refractivity contribution in [3.05, 3.63) is 0 Å². The summed E-state index contributed by atoms with van der Waals surface area (Å²) in [4.78, 5) is 22.4. The van der Waals surface area contributed by atoms with Gasteiger partial charge in [0.15, 0.2) is 6.10 Å². The van der Waals surface area contributed by atoms with E-state index in [4.69, 9.17) is 9.47 Å². The Labute approximate surface area is 82.8 Å². The Morgan fingerprint density at radius 1 is 1.71 bits per heavy atom. The smallest absolute Gasteiger partial charge is 0.337 e. The summed E-state index contributed by atoms with van der Waals surface area (Å²) in [6.45, 7) is 5.40. The van der Waals surface area contributed by atoms with Crippen molar-refractivity contribution in [1.29, 1.82) is 0 Å². The van der Waals surface area contributed by atoms with E-state index in [2.05, 4.69) is 5.32 Å². The average Bonchev–Trinajstić information content (AvgIpc) is 2.01. The molecule has 1 atom stereocenters. The number of hydrogen-bond donors (Lipinski definition) is 1. The van der Waals surface area contributed by atoms with Crippen LogP contribution in [0.15, 0.2) is 0 Å². The second-order valence-corrected chi connectivity index (χ2v) is 3.71. The average molecular weight is 201 g/mol. The third-order valence-electron chi connectivity index (χ3n) is 2.00. The number of carbonyl (C=O) groups is 2. The fraction of sp³-hybridized carbons (Fsp3) is 0.778. The van der Waals surface area contributed by atoms with Gasteiger partial charge in [-0.1, -0.05) is 0 Å². The first-order valence-electron chi connectivity index (χ1n) is 4.56. The van der Waals surface area contributed by atoms with Crippen molar-refractivity contribution in [3.8, 4) is 0 Å². The molecule has 0 spiro atoms. The van der Waals surface area contributed by atoms with Crippen LogP contribution >= 0.6 is 0 Å². The summed E-state index contributed by atoms with van der Waals surface area (Å²) < 4.78 is 9.97. The first kappa shape index (κ1) is 11.0.